The van der Waals surface area contributed by atoms with E-state index in [1.165, 1.54) is 0 Å². The van der Waals surface area contributed by atoms with Gasteiger partial charge >= 0.3 is 0 Å². The monoisotopic (exact) mass is 238 g/mol. The molecule has 0 saturated carbocycles. The van der Waals surface area contributed by atoms with Gasteiger partial charge in [0.15, 0.2) is 0 Å². The first-order chi connectivity index (χ1) is 7.82. The molecule has 0 unspecified atom stereocenters. The third kappa shape index (κ3) is 4.19. The zero-order valence-electron chi connectivity index (χ0n) is 11.3. The lowest BCUT2D eigenvalue weighted by molar-refractivity contribution is 0.0928. The average molecular weight is 238 g/mol. The summed E-state index contributed by atoms with van der Waals surface area (Å²) < 4.78 is 0. The number of aromatic nitrogens is 2. The van der Waals surface area contributed by atoms with E-state index in [0.29, 0.717) is 12.1 Å². The summed E-state index contributed by atoms with van der Waals surface area (Å²) in [5, 5.41) is 9.55. The molecular weight excluding hydrogens is 216 g/mol. The molecule has 5 nitrogen and oxygen atoms in total. The van der Waals surface area contributed by atoms with E-state index >= 15 is 0 Å². The minimum atomic E-state index is -0.0666. The van der Waals surface area contributed by atoms with Gasteiger partial charge in [-0.1, -0.05) is 13.8 Å². The maximum Gasteiger partial charge on any atom is 0.254 e. The van der Waals surface area contributed by atoms with Gasteiger partial charge in [-0.3, -0.25) is 9.89 Å². The number of hydrogen-bond donors (Lipinski definition) is 2. The molecule has 1 heterocycles. The van der Waals surface area contributed by atoms with Crippen LogP contribution in [0.4, 0.5) is 0 Å². The summed E-state index contributed by atoms with van der Waals surface area (Å²) in [6, 6.07) is 0. The Labute approximate surface area is 103 Å². The largest absolute Gasteiger partial charge is 0.351 e. The lowest BCUT2D eigenvalue weighted by atomic mass is 9.93. The second kappa shape index (κ2) is 5.31. The molecule has 0 saturated heterocycles. The van der Waals surface area contributed by atoms with Crippen molar-refractivity contribution < 1.29 is 4.79 Å². The summed E-state index contributed by atoms with van der Waals surface area (Å²) in [6.45, 7) is 7.68. The molecule has 1 aromatic rings. The lowest BCUT2D eigenvalue weighted by Crippen LogP contribution is -2.40. The predicted octanol–water partition coefficient (Wildman–Crippen LogP) is 1.04. The number of hydrogen-bond acceptors (Lipinski definition) is 3. The van der Waals surface area contributed by atoms with Gasteiger partial charge in [0.2, 0.25) is 0 Å². The summed E-state index contributed by atoms with van der Waals surface area (Å²) in [5.74, 6) is -0.0666. The van der Waals surface area contributed by atoms with Crippen LogP contribution in [0.5, 0.6) is 0 Å². The van der Waals surface area contributed by atoms with Crippen molar-refractivity contribution in [1.82, 2.24) is 20.4 Å². The molecule has 0 aliphatic rings. The molecule has 5 heteroatoms. The van der Waals surface area contributed by atoms with Crippen LogP contribution in [0.25, 0.3) is 0 Å². The Bertz CT molecular complexity index is 382. The molecule has 1 amide bonds. The van der Waals surface area contributed by atoms with Crippen molar-refractivity contribution in [3.8, 4) is 0 Å². The molecule has 0 aliphatic carbocycles. The summed E-state index contributed by atoms with van der Waals surface area (Å²) in [6.07, 6.45) is 1.56. The number of aromatic amines is 1. The molecule has 0 radical (unpaired) electrons. The SMILES string of the molecule is Cc1[nH]ncc1C(=O)NCC(C)(C)CN(C)C. The lowest BCUT2D eigenvalue weighted by Gasteiger charge is -2.28. The predicted molar refractivity (Wildman–Crippen MR) is 68.0 cm³/mol. The highest BCUT2D eigenvalue weighted by Gasteiger charge is 2.20. The quantitative estimate of drug-likeness (QED) is 0.805. The fraction of sp³-hybridized carbons (Fsp3) is 0.667. The highest BCUT2D eigenvalue weighted by molar-refractivity contribution is 5.94. The minimum absolute atomic E-state index is 0.0524. The number of carbonyl (C=O) groups excluding carboxylic acids is 1. The van der Waals surface area contributed by atoms with E-state index < -0.39 is 0 Å². The van der Waals surface area contributed by atoms with Crippen molar-refractivity contribution in [2.45, 2.75) is 20.8 Å². The highest BCUT2D eigenvalue weighted by atomic mass is 16.1. The Morgan fingerprint density at radius 3 is 2.65 bits per heavy atom. The van der Waals surface area contributed by atoms with E-state index in [0.717, 1.165) is 12.2 Å². The average Bonchev–Trinajstić information content (AvgIpc) is 2.59. The van der Waals surface area contributed by atoms with Crippen LogP contribution in [0.3, 0.4) is 0 Å². The van der Waals surface area contributed by atoms with Crippen LogP contribution in [0.1, 0.15) is 29.9 Å². The van der Waals surface area contributed by atoms with Gasteiger partial charge in [0.05, 0.1) is 11.8 Å². The van der Waals surface area contributed by atoms with E-state index in [9.17, 15) is 4.79 Å². The van der Waals surface area contributed by atoms with Gasteiger partial charge in [-0.15, -0.1) is 0 Å². The molecule has 1 rings (SSSR count). The van der Waals surface area contributed by atoms with Crippen molar-refractivity contribution in [1.29, 1.82) is 0 Å². The van der Waals surface area contributed by atoms with Crippen molar-refractivity contribution in [2.24, 2.45) is 5.41 Å². The third-order valence-electron chi connectivity index (χ3n) is 2.55. The van der Waals surface area contributed by atoms with E-state index in [4.69, 9.17) is 0 Å². The van der Waals surface area contributed by atoms with Crippen LogP contribution >= 0.6 is 0 Å². The normalized spacial score (nSPS) is 11.9. The molecule has 1 aromatic heterocycles. The topological polar surface area (TPSA) is 61.0 Å². The van der Waals surface area contributed by atoms with Crippen molar-refractivity contribution in [3.05, 3.63) is 17.5 Å². The molecule has 0 aromatic carbocycles. The number of amides is 1. The van der Waals surface area contributed by atoms with Crippen LogP contribution < -0.4 is 5.32 Å². The Balaban J connectivity index is 2.51. The fourth-order valence-corrected chi connectivity index (χ4v) is 1.91. The second-order valence-electron chi connectivity index (χ2n) is 5.49. The number of rotatable bonds is 5. The minimum Gasteiger partial charge on any atom is -0.351 e. The van der Waals surface area contributed by atoms with Crippen LogP contribution in [0, 0.1) is 12.3 Å². The standard InChI is InChI=1S/C12H22N4O/c1-9-10(6-14-15-9)11(17)13-7-12(2,3)8-16(4)5/h6H,7-8H2,1-5H3,(H,13,17)(H,14,15). The molecule has 2 N–H and O–H groups in total. The summed E-state index contributed by atoms with van der Waals surface area (Å²) in [7, 11) is 4.06. The Kier molecular flexibility index (Phi) is 4.28. The Hall–Kier alpha value is -1.36. The maximum absolute atomic E-state index is 11.9. The molecule has 0 atom stereocenters. The molecular formula is C12H22N4O. The van der Waals surface area contributed by atoms with Crippen molar-refractivity contribution in [2.75, 3.05) is 27.2 Å². The fourth-order valence-electron chi connectivity index (χ4n) is 1.91. The van der Waals surface area contributed by atoms with Crippen molar-refractivity contribution in [3.63, 3.8) is 0 Å². The first-order valence-electron chi connectivity index (χ1n) is 5.75. The molecule has 0 spiro atoms. The number of carbonyl (C=O) groups is 1. The summed E-state index contributed by atoms with van der Waals surface area (Å²) in [5.41, 5.74) is 1.47. The smallest absolute Gasteiger partial charge is 0.254 e. The molecule has 0 bridgehead atoms. The van der Waals surface area contributed by atoms with Crippen LogP contribution in [0.2, 0.25) is 0 Å². The van der Waals surface area contributed by atoms with Gasteiger partial charge in [-0.25, -0.2) is 0 Å². The van der Waals surface area contributed by atoms with Gasteiger partial charge in [0, 0.05) is 18.8 Å². The van der Waals surface area contributed by atoms with Crippen LogP contribution in [-0.4, -0.2) is 48.2 Å². The molecule has 0 aliphatic heterocycles. The van der Waals surface area contributed by atoms with Gasteiger partial charge in [-0.05, 0) is 26.4 Å². The Morgan fingerprint density at radius 1 is 1.53 bits per heavy atom. The van der Waals surface area contributed by atoms with E-state index in [-0.39, 0.29) is 11.3 Å². The Morgan fingerprint density at radius 2 is 2.18 bits per heavy atom. The van der Waals surface area contributed by atoms with Gasteiger partial charge in [0.25, 0.3) is 5.91 Å². The summed E-state index contributed by atoms with van der Waals surface area (Å²) in [4.78, 5) is 14.0. The van der Waals surface area contributed by atoms with Crippen LogP contribution in [0.15, 0.2) is 6.20 Å². The van der Waals surface area contributed by atoms with E-state index in [1.807, 2.05) is 21.0 Å². The number of aryl methyl sites for hydroxylation is 1. The summed E-state index contributed by atoms with van der Waals surface area (Å²) >= 11 is 0. The second-order valence-corrected chi connectivity index (χ2v) is 5.49. The zero-order chi connectivity index (χ0) is 13.1. The zero-order valence-corrected chi connectivity index (χ0v) is 11.3. The third-order valence-corrected chi connectivity index (χ3v) is 2.55. The molecule has 0 fully saturated rings. The van der Waals surface area contributed by atoms with Gasteiger partial charge in [0.1, 0.15) is 0 Å². The number of nitrogens with one attached hydrogen (secondary N) is 2. The number of H-pyrrole nitrogens is 1. The van der Waals surface area contributed by atoms with E-state index in [1.54, 1.807) is 6.20 Å². The van der Waals surface area contributed by atoms with Gasteiger partial charge < -0.3 is 10.2 Å². The van der Waals surface area contributed by atoms with Crippen LogP contribution in [-0.2, 0) is 0 Å². The first-order valence-corrected chi connectivity index (χ1v) is 5.75. The van der Waals surface area contributed by atoms with E-state index in [2.05, 4.69) is 34.3 Å². The molecule has 17 heavy (non-hydrogen) atoms. The highest BCUT2D eigenvalue weighted by Crippen LogP contribution is 2.14. The number of nitrogens with zero attached hydrogens (tertiary/aromatic N) is 2. The van der Waals surface area contributed by atoms with Crippen molar-refractivity contribution >= 4 is 5.91 Å². The first kappa shape index (κ1) is 13.7. The maximum atomic E-state index is 11.9. The van der Waals surface area contributed by atoms with Gasteiger partial charge in [-0.2, -0.15) is 5.10 Å². The molecule has 96 valence electrons.